The first-order valence-electron chi connectivity index (χ1n) is 8.35. The first-order chi connectivity index (χ1) is 11.8. The van der Waals surface area contributed by atoms with E-state index < -0.39 is 10.0 Å². The highest BCUT2D eigenvalue weighted by Gasteiger charge is 2.31. The van der Waals surface area contributed by atoms with Crippen molar-refractivity contribution in [3.05, 3.63) is 64.7 Å². The Morgan fingerprint density at radius 1 is 1.12 bits per heavy atom. The molecule has 0 saturated heterocycles. The van der Waals surface area contributed by atoms with Crippen molar-refractivity contribution in [3.8, 4) is 0 Å². The number of hydrogen-bond donors (Lipinski definition) is 1. The second kappa shape index (κ2) is 7.08. The summed E-state index contributed by atoms with van der Waals surface area (Å²) in [5.74, 6) is 0. The van der Waals surface area contributed by atoms with E-state index in [1.807, 2.05) is 0 Å². The Morgan fingerprint density at radius 3 is 2.56 bits per heavy atom. The highest BCUT2D eigenvalue weighted by Crippen LogP contribution is 2.25. The zero-order valence-corrected chi connectivity index (χ0v) is 16.1. The van der Waals surface area contributed by atoms with Crippen LogP contribution < -0.4 is 4.72 Å². The van der Waals surface area contributed by atoms with Crippen molar-refractivity contribution in [1.82, 2.24) is 9.62 Å². The number of rotatable bonds is 5. The molecule has 0 spiro atoms. The maximum absolute atomic E-state index is 12.5. The number of halogens is 1. The molecule has 0 saturated carbocycles. The third-order valence-electron chi connectivity index (χ3n) is 4.79. The molecule has 1 N–H and O–H groups in total. The molecule has 0 aliphatic carbocycles. The summed E-state index contributed by atoms with van der Waals surface area (Å²) < 4.78 is 27.8. The third-order valence-corrected chi connectivity index (χ3v) is 6.42. The molecule has 2 aromatic rings. The summed E-state index contributed by atoms with van der Waals surface area (Å²) in [6.45, 7) is 6.23. The number of benzene rings is 2. The fourth-order valence-electron chi connectivity index (χ4n) is 3.11. The number of nitrogens with zero attached hydrogens (tertiary/aromatic N) is 1. The van der Waals surface area contributed by atoms with Gasteiger partial charge in [-0.3, -0.25) is 4.90 Å². The Bertz CT molecular complexity index is 865. The quantitative estimate of drug-likeness (QED) is 0.866. The standard InChI is InChI=1S/C19H23ClN2O2S/c1-19(2,22-11-10-15-6-3-4-7-16(15)13-22)14-21-25(23,24)18-9-5-8-17(20)12-18/h3-9,12,21H,10-11,13-14H2,1-2H3. The molecule has 1 heterocycles. The van der Waals surface area contributed by atoms with Gasteiger partial charge in [0.25, 0.3) is 0 Å². The van der Waals surface area contributed by atoms with Gasteiger partial charge in [0.1, 0.15) is 0 Å². The minimum absolute atomic E-state index is 0.194. The van der Waals surface area contributed by atoms with Crippen molar-refractivity contribution >= 4 is 21.6 Å². The van der Waals surface area contributed by atoms with Gasteiger partial charge in [-0.1, -0.05) is 41.9 Å². The van der Waals surface area contributed by atoms with Gasteiger partial charge in [-0.25, -0.2) is 13.1 Å². The van der Waals surface area contributed by atoms with Crippen molar-refractivity contribution in [2.24, 2.45) is 0 Å². The van der Waals surface area contributed by atoms with Crippen LogP contribution in [0, 0.1) is 0 Å². The van der Waals surface area contributed by atoms with Gasteiger partial charge >= 0.3 is 0 Å². The van der Waals surface area contributed by atoms with E-state index in [4.69, 9.17) is 11.6 Å². The second-order valence-electron chi connectivity index (χ2n) is 7.03. The maximum atomic E-state index is 12.5. The summed E-state index contributed by atoms with van der Waals surface area (Å²) in [6, 6.07) is 14.8. The average Bonchev–Trinajstić information content (AvgIpc) is 2.60. The van der Waals surface area contributed by atoms with E-state index in [9.17, 15) is 8.42 Å². The molecule has 0 unspecified atom stereocenters. The summed E-state index contributed by atoms with van der Waals surface area (Å²) in [5, 5.41) is 0.412. The summed E-state index contributed by atoms with van der Waals surface area (Å²) >= 11 is 5.91. The zero-order valence-electron chi connectivity index (χ0n) is 14.5. The molecule has 0 bridgehead atoms. The van der Waals surface area contributed by atoms with Crippen LogP contribution in [0.3, 0.4) is 0 Å². The van der Waals surface area contributed by atoms with Crippen LogP contribution in [0.4, 0.5) is 0 Å². The largest absolute Gasteiger partial charge is 0.292 e. The Labute approximate surface area is 154 Å². The highest BCUT2D eigenvalue weighted by atomic mass is 35.5. The lowest BCUT2D eigenvalue weighted by molar-refractivity contribution is 0.108. The van der Waals surface area contributed by atoms with Crippen LogP contribution >= 0.6 is 11.6 Å². The maximum Gasteiger partial charge on any atom is 0.240 e. The molecule has 25 heavy (non-hydrogen) atoms. The topological polar surface area (TPSA) is 49.4 Å². The molecule has 1 aliphatic rings. The fraction of sp³-hybridized carbons (Fsp3) is 0.368. The molecule has 0 radical (unpaired) electrons. The van der Waals surface area contributed by atoms with Crippen LogP contribution in [-0.2, 0) is 23.0 Å². The Kier molecular flexibility index (Phi) is 5.21. The monoisotopic (exact) mass is 378 g/mol. The van der Waals surface area contributed by atoms with E-state index in [-0.39, 0.29) is 10.4 Å². The van der Waals surface area contributed by atoms with Gasteiger partial charge in [-0.15, -0.1) is 0 Å². The summed E-state index contributed by atoms with van der Waals surface area (Å²) in [7, 11) is -3.58. The first kappa shape index (κ1) is 18.4. The minimum Gasteiger partial charge on any atom is -0.292 e. The number of fused-ring (bicyclic) bond motifs is 1. The predicted octanol–water partition coefficient (Wildman–Crippen LogP) is 3.46. The predicted molar refractivity (Wildman–Crippen MR) is 101 cm³/mol. The van der Waals surface area contributed by atoms with E-state index in [1.165, 1.54) is 17.2 Å². The van der Waals surface area contributed by atoms with Crippen LogP contribution in [0.5, 0.6) is 0 Å². The van der Waals surface area contributed by atoms with Crippen molar-refractivity contribution < 1.29 is 8.42 Å². The molecule has 4 nitrogen and oxygen atoms in total. The molecule has 0 atom stereocenters. The Hall–Kier alpha value is -1.40. The summed E-state index contributed by atoms with van der Waals surface area (Å²) in [5.41, 5.74) is 2.41. The highest BCUT2D eigenvalue weighted by molar-refractivity contribution is 7.89. The lowest BCUT2D eigenvalue weighted by atomic mass is 9.94. The van der Waals surface area contributed by atoms with E-state index in [0.29, 0.717) is 11.6 Å². The fourth-order valence-corrected chi connectivity index (χ4v) is 4.62. The van der Waals surface area contributed by atoms with Crippen molar-refractivity contribution in [3.63, 3.8) is 0 Å². The summed E-state index contributed by atoms with van der Waals surface area (Å²) in [6.07, 6.45) is 0.987. The molecule has 0 amide bonds. The van der Waals surface area contributed by atoms with Gasteiger partial charge in [0, 0.05) is 30.2 Å². The molecule has 134 valence electrons. The van der Waals surface area contributed by atoms with Crippen LogP contribution in [0.25, 0.3) is 0 Å². The smallest absolute Gasteiger partial charge is 0.240 e. The number of hydrogen-bond acceptors (Lipinski definition) is 3. The summed E-state index contributed by atoms with van der Waals surface area (Å²) in [4.78, 5) is 2.52. The van der Waals surface area contributed by atoms with Crippen LogP contribution in [0.1, 0.15) is 25.0 Å². The van der Waals surface area contributed by atoms with Crippen LogP contribution in [0.2, 0.25) is 5.02 Å². The lowest BCUT2D eigenvalue weighted by Crippen LogP contribution is -2.53. The normalized spacial score (nSPS) is 15.8. The second-order valence-corrected chi connectivity index (χ2v) is 9.24. The molecule has 3 rings (SSSR count). The van der Waals surface area contributed by atoms with Crippen molar-refractivity contribution in [2.75, 3.05) is 13.1 Å². The van der Waals surface area contributed by atoms with Crippen LogP contribution in [0.15, 0.2) is 53.4 Å². The van der Waals surface area contributed by atoms with Gasteiger partial charge in [0.05, 0.1) is 4.90 Å². The molecule has 0 aromatic heterocycles. The Balaban J connectivity index is 1.70. The first-order valence-corrected chi connectivity index (χ1v) is 10.2. The molecule has 6 heteroatoms. The lowest BCUT2D eigenvalue weighted by Gasteiger charge is -2.41. The van der Waals surface area contributed by atoms with Gasteiger partial charge < -0.3 is 0 Å². The molecular formula is C19H23ClN2O2S. The van der Waals surface area contributed by atoms with E-state index >= 15 is 0 Å². The molecular weight excluding hydrogens is 356 g/mol. The van der Waals surface area contributed by atoms with E-state index in [1.54, 1.807) is 18.2 Å². The van der Waals surface area contributed by atoms with E-state index in [2.05, 4.69) is 47.7 Å². The van der Waals surface area contributed by atoms with Gasteiger partial charge in [0.2, 0.25) is 10.0 Å². The zero-order chi connectivity index (χ0) is 18.1. The van der Waals surface area contributed by atoms with Gasteiger partial charge in [0.15, 0.2) is 0 Å². The number of sulfonamides is 1. The molecule has 1 aliphatic heterocycles. The van der Waals surface area contributed by atoms with Crippen LogP contribution in [-0.4, -0.2) is 31.9 Å². The van der Waals surface area contributed by atoms with Gasteiger partial charge in [-0.05, 0) is 49.6 Å². The van der Waals surface area contributed by atoms with E-state index in [0.717, 1.165) is 19.5 Å². The van der Waals surface area contributed by atoms with Crippen molar-refractivity contribution in [2.45, 2.75) is 37.2 Å². The average molecular weight is 379 g/mol. The third kappa shape index (κ3) is 4.23. The van der Waals surface area contributed by atoms with Gasteiger partial charge in [-0.2, -0.15) is 0 Å². The number of nitrogens with one attached hydrogen (secondary N) is 1. The molecule has 2 aromatic carbocycles. The molecule has 0 fully saturated rings. The Morgan fingerprint density at radius 2 is 1.84 bits per heavy atom. The minimum atomic E-state index is -3.58. The SMILES string of the molecule is CC(C)(CNS(=O)(=O)c1cccc(Cl)c1)N1CCc2ccccc2C1. The van der Waals surface area contributed by atoms with Crippen molar-refractivity contribution in [1.29, 1.82) is 0 Å².